The lowest BCUT2D eigenvalue weighted by molar-refractivity contribution is -0.0440. The highest BCUT2D eigenvalue weighted by Crippen LogP contribution is 2.72. The van der Waals surface area contributed by atoms with Crippen LogP contribution in [0.15, 0.2) is 205 Å². The van der Waals surface area contributed by atoms with E-state index in [1.807, 2.05) is 6.07 Å². The second-order valence-electron chi connectivity index (χ2n) is 22.4. The van der Waals surface area contributed by atoms with Crippen molar-refractivity contribution in [1.82, 2.24) is 0 Å². The van der Waals surface area contributed by atoms with Crippen LogP contribution in [0.25, 0.3) is 55.3 Å². The quantitative estimate of drug-likeness (QED) is 0.175. The van der Waals surface area contributed by atoms with Gasteiger partial charge in [-0.2, -0.15) is 0 Å². The molecule has 0 atom stereocenters. The van der Waals surface area contributed by atoms with Crippen molar-refractivity contribution >= 4 is 39.0 Å². The average molecular weight is 900 g/mol. The van der Waals surface area contributed by atoms with Gasteiger partial charge in [0.05, 0.1) is 5.41 Å². The summed E-state index contributed by atoms with van der Waals surface area (Å²) in [5.74, 6) is 3.01. The Kier molecular flexibility index (Phi) is 7.82. The maximum Gasteiger partial charge on any atom is 0.136 e. The van der Waals surface area contributed by atoms with Crippen LogP contribution >= 0.6 is 0 Å². The highest BCUT2D eigenvalue weighted by atomic mass is 16.3. The van der Waals surface area contributed by atoms with E-state index in [-0.39, 0.29) is 10.8 Å². The average Bonchev–Trinajstić information content (AvgIpc) is 4.00. The molecule has 0 aliphatic heterocycles. The van der Waals surface area contributed by atoms with E-state index in [9.17, 15) is 0 Å². The van der Waals surface area contributed by atoms with Crippen LogP contribution in [0.3, 0.4) is 0 Å². The lowest BCUT2D eigenvalue weighted by atomic mass is 9.38. The minimum atomic E-state index is -0.471. The summed E-state index contributed by atoms with van der Waals surface area (Å²) in [4.78, 5) is 2.57. The molecule has 4 fully saturated rings. The van der Waals surface area contributed by atoms with Gasteiger partial charge in [0.15, 0.2) is 0 Å². The van der Waals surface area contributed by atoms with Gasteiger partial charge in [0.25, 0.3) is 0 Å². The fourth-order valence-corrected chi connectivity index (χ4v) is 16.4. The molecule has 4 saturated carbocycles. The Balaban J connectivity index is 0.941. The van der Waals surface area contributed by atoms with Crippen molar-refractivity contribution in [2.45, 2.75) is 62.2 Å². The van der Waals surface area contributed by atoms with Crippen LogP contribution in [0, 0.1) is 23.7 Å². The van der Waals surface area contributed by atoms with Crippen molar-refractivity contribution in [3.8, 4) is 33.4 Å². The number of hydrogen-bond acceptors (Lipinski definition) is 2. The molecule has 0 amide bonds. The first-order valence-electron chi connectivity index (χ1n) is 25.9. The molecule has 0 saturated heterocycles. The molecule has 7 aliphatic rings. The summed E-state index contributed by atoms with van der Waals surface area (Å²) in [6.45, 7) is 4.80. The van der Waals surface area contributed by atoms with E-state index in [0.717, 1.165) is 45.0 Å². The number of benzene rings is 9. The van der Waals surface area contributed by atoms with Crippen molar-refractivity contribution in [3.63, 3.8) is 0 Å². The Morgan fingerprint density at radius 2 is 0.871 bits per heavy atom. The molecule has 1 aromatic heterocycles. The zero-order chi connectivity index (χ0) is 46.1. The third-order valence-electron chi connectivity index (χ3n) is 18.9. The normalized spacial score (nSPS) is 23.0. The van der Waals surface area contributed by atoms with Gasteiger partial charge >= 0.3 is 0 Å². The number of hydrogen-bond donors (Lipinski definition) is 0. The van der Waals surface area contributed by atoms with E-state index in [2.05, 4.69) is 213 Å². The maximum absolute atomic E-state index is 6.38. The predicted molar refractivity (Wildman–Crippen MR) is 287 cm³/mol. The monoisotopic (exact) mass is 899 g/mol. The standard InChI is InChI=1S/C68H53NO/c1-66(2)56-17-7-3-13-50(56)53-31-28-48(39-62(53)66)69(47-26-23-43(24-27-47)44-25-30-55-54-16-6-12-22-64(54)70-65(55)38-44)49-29-32-61-63(40-49)68(57-18-8-4-14-51(57)52-15-5-9-19-58(52)68)60-21-11-10-20-59(60)67(61)45-34-41-33-42(36-45)37-46(67)35-41/h3-32,38-42,45-46H,33-37H2,1-2H3. The van der Waals surface area contributed by atoms with Crippen LogP contribution in [-0.4, -0.2) is 0 Å². The molecule has 17 rings (SSSR count). The number of nitrogens with zero attached hydrogens (tertiary/aromatic N) is 1. The molecule has 9 aromatic carbocycles. The minimum Gasteiger partial charge on any atom is -0.456 e. The summed E-state index contributed by atoms with van der Waals surface area (Å²) in [6, 6.07) is 77.0. The molecule has 336 valence electrons. The van der Waals surface area contributed by atoms with Gasteiger partial charge in [-0.05, 0) is 188 Å². The van der Waals surface area contributed by atoms with Crippen LogP contribution in [0.4, 0.5) is 17.1 Å². The van der Waals surface area contributed by atoms with Crippen LogP contribution < -0.4 is 4.90 Å². The Bertz CT molecular complexity index is 3770. The predicted octanol–water partition coefficient (Wildman–Crippen LogP) is 17.4. The Hall–Kier alpha value is -7.42. The molecular formula is C68H53NO. The first kappa shape index (κ1) is 39.4. The molecule has 0 radical (unpaired) electrons. The van der Waals surface area contributed by atoms with E-state index >= 15 is 0 Å². The van der Waals surface area contributed by atoms with Gasteiger partial charge < -0.3 is 9.32 Å². The second kappa shape index (κ2) is 13.9. The molecule has 4 bridgehead atoms. The Morgan fingerprint density at radius 3 is 1.57 bits per heavy atom. The van der Waals surface area contributed by atoms with Gasteiger partial charge in [-0.25, -0.2) is 0 Å². The minimum absolute atomic E-state index is 0.0214. The van der Waals surface area contributed by atoms with Crippen molar-refractivity contribution in [1.29, 1.82) is 0 Å². The molecule has 0 unspecified atom stereocenters. The molecule has 2 heteroatoms. The van der Waals surface area contributed by atoms with Crippen molar-refractivity contribution in [2.24, 2.45) is 23.7 Å². The zero-order valence-corrected chi connectivity index (χ0v) is 39.8. The maximum atomic E-state index is 6.38. The summed E-state index contributed by atoms with van der Waals surface area (Å²) in [5.41, 5.74) is 24.2. The van der Waals surface area contributed by atoms with E-state index in [1.165, 1.54) is 105 Å². The summed E-state index contributed by atoms with van der Waals surface area (Å²) >= 11 is 0. The molecule has 7 aliphatic carbocycles. The fraction of sp³-hybridized carbons (Fsp3) is 0.206. The fourth-order valence-electron chi connectivity index (χ4n) is 16.4. The number of furan rings is 1. The van der Waals surface area contributed by atoms with Crippen molar-refractivity contribution in [2.75, 3.05) is 4.90 Å². The molecule has 2 nitrogen and oxygen atoms in total. The largest absolute Gasteiger partial charge is 0.456 e. The molecule has 2 spiro atoms. The van der Waals surface area contributed by atoms with E-state index in [1.54, 1.807) is 11.1 Å². The molecule has 10 aromatic rings. The number of anilines is 3. The third-order valence-corrected chi connectivity index (χ3v) is 18.9. The summed E-state index contributed by atoms with van der Waals surface area (Å²) in [5, 5.41) is 2.31. The summed E-state index contributed by atoms with van der Waals surface area (Å²) in [6.07, 6.45) is 6.82. The van der Waals surface area contributed by atoms with Crippen LogP contribution in [0.1, 0.15) is 90.5 Å². The van der Waals surface area contributed by atoms with Gasteiger partial charge in [-0.1, -0.05) is 159 Å². The van der Waals surface area contributed by atoms with Gasteiger partial charge in [-0.3, -0.25) is 0 Å². The molecule has 0 N–H and O–H groups in total. The molecule has 70 heavy (non-hydrogen) atoms. The van der Waals surface area contributed by atoms with E-state index < -0.39 is 5.41 Å². The number of para-hydroxylation sites is 1. The van der Waals surface area contributed by atoms with E-state index in [0.29, 0.717) is 11.8 Å². The number of rotatable bonds is 4. The second-order valence-corrected chi connectivity index (χ2v) is 22.4. The SMILES string of the molecule is CC1(C)c2ccccc2-c2ccc(N(c3ccc(-c4ccc5c(c4)oc4ccccc45)cc3)c3ccc4c(c3)C3(c5ccccc5-c5ccccc53)c3ccccc3C43C4CC5CC(C4)CC3C5)cc21. The van der Waals surface area contributed by atoms with Crippen molar-refractivity contribution in [3.05, 3.63) is 245 Å². The zero-order valence-electron chi connectivity index (χ0n) is 39.8. The number of fused-ring (bicyclic) bond motifs is 15. The summed E-state index contributed by atoms with van der Waals surface area (Å²) < 4.78 is 6.38. The van der Waals surface area contributed by atoms with Crippen LogP contribution in [0.2, 0.25) is 0 Å². The molecule has 1 heterocycles. The molecular weight excluding hydrogens is 847 g/mol. The first-order chi connectivity index (χ1) is 34.4. The highest BCUT2D eigenvalue weighted by Gasteiger charge is 2.64. The van der Waals surface area contributed by atoms with Crippen molar-refractivity contribution < 1.29 is 4.42 Å². The Morgan fingerprint density at radius 1 is 0.371 bits per heavy atom. The van der Waals surface area contributed by atoms with Gasteiger partial charge in [0, 0.05) is 38.7 Å². The Labute approximate surface area is 410 Å². The van der Waals surface area contributed by atoms with Gasteiger partial charge in [0.2, 0.25) is 0 Å². The van der Waals surface area contributed by atoms with Crippen LogP contribution in [0.5, 0.6) is 0 Å². The van der Waals surface area contributed by atoms with E-state index in [4.69, 9.17) is 4.42 Å². The smallest absolute Gasteiger partial charge is 0.136 e. The van der Waals surface area contributed by atoms with Gasteiger partial charge in [0.1, 0.15) is 11.2 Å². The topological polar surface area (TPSA) is 16.4 Å². The van der Waals surface area contributed by atoms with Gasteiger partial charge in [-0.15, -0.1) is 0 Å². The van der Waals surface area contributed by atoms with Crippen LogP contribution in [-0.2, 0) is 16.2 Å². The first-order valence-corrected chi connectivity index (χ1v) is 25.9. The highest BCUT2D eigenvalue weighted by molar-refractivity contribution is 6.06. The summed E-state index contributed by atoms with van der Waals surface area (Å²) in [7, 11) is 0. The lowest BCUT2D eigenvalue weighted by Gasteiger charge is -2.65. The third kappa shape index (κ3) is 4.94. The lowest BCUT2D eigenvalue weighted by Crippen LogP contribution is -2.59.